The molecule has 0 heterocycles. The van der Waals surface area contributed by atoms with Crippen molar-refractivity contribution in [3.8, 4) is 0 Å². The molecule has 0 spiro atoms. The Morgan fingerprint density at radius 3 is 1.26 bits per heavy atom. The van der Waals surface area contributed by atoms with Crippen LogP contribution in [0.4, 0.5) is 0 Å². The van der Waals surface area contributed by atoms with Crippen LogP contribution < -0.4 is 10.6 Å². The van der Waals surface area contributed by atoms with Gasteiger partial charge in [-0.1, -0.05) is 88.4 Å². The molecular formula is C21H30N2. The fourth-order valence-electron chi connectivity index (χ4n) is 3.01. The van der Waals surface area contributed by atoms with Gasteiger partial charge in [0.25, 0.3) is 0 Å². The van der Waals surface area contributed by atoms with E-state index in [-0.39, 0.29) is 0 Å². The molecule has 2 aromatic carbocycles. The number of hydrogen-bond donors (Lipinski definition) is 2. The molecular weight excluding hydrogens is 280 g/mol. The molecule has 2 aromatic rings. The number of hydrogen-bond acceptors (Lipinski definition) is 2. The Morgan fingerprint density at radius 2 is 0.957 bits per heavy atom. The van der Waals surface area contributed by atoms with Crippen LogP contribution in [0.5, 0.6) is 0 Å². The molecule has 0 bridgehead atoms. The smallest absolute Gasteiger partial charge is 0.0340 e. The van der Waals surface area contributed by atoms with Crippen LogP contribution in [0.15, 0.2) is 60.7 Å². The molecule has 0 radical (unpaired) electrons. The monoisotopic (exact) mass is 310 g/mol. The molecule has 2 N–H and O–H groups in total. The molecule has 0 unspecified atom stereocenters. The summed E-state index contributed by atoms with van der Waals surface area (Å²) in [5, 5.41) is 7.46. The third kappa shape index (κ3) is 5.81. The van der Waals surface area contributed by atoms with Crippen LogP contribution >= 0.6 is 0 Å². The van der Waals surface area contributed by atoms with Gasteiger partial charge in [0.2, 0.25) is 0 Å². The first-order chi connectivity index (χ1) is 11.1. The second-order valence-corrected chi connectivity index (χ2v) is 6.80. The number of rotatable bonds is 8. The molecule has 0 saturated carbocycles. The lowest BCUT2D eigenvalue weighted by atomic mass is 9.93. The van der Waals surface area contributed by atoms with E-state index in [1.54, 1.807) is 0 Å². The van der Waals surface area contributed by atoms with Gasteiger partial charge in [-0.3, -0.25) is 0 Å². The summed E-state index contributed by atoms with van der Waals surface area (Å²) in [6, 6.07) is 23.1. The second-order valence-electron chi connectivity index (χ2n) is 6.80. The van der Waals surface area contributed by atoms with E-state index in [0.717, 1.165) is 6.42 Å². The van der Waals surface area contributed by atoms with Gasteiger partial charge in [0, 0.05) is 24.2 Å². The van der Waals surface area contributed by atoms with Crippen LogP contribution in [0.25, 0.3) is 0 Å². The molecule has 2 nitrogen and oxygen atoms in total. The predicted molar refractivity (Wildman–Crippen MR) is 99.5 cm³/mol. The van der Waals surface area contributed by atoms with Crippen molar-refractivity contribution in [2.75, 3.05) is 0 Å². The minimum absolute atomic E-state index is 0.340. The average molecular weight is 310 g/mol. The second kappa shape index (κ2) is 8.85. The van der Waals surface area contributed by atoms with Gasteiger partial charge >= 0.3 is 0 Å². The fourth-order valence-corrected chi connectivity index (χ4v) is 3.01. The molecule has 0 saturated heterocycles. The standard InChI is InChI=1S/C21H30N2/c1-16(2)22-20(18-11-7-5-8-12-18)15-21(23-17(3)4)19-13-9-6-10-14-19/h5-14,16-17,20-23H,15H2,1-4H3/t20-,21-/m0/s1. The highest BCUT2D eigenvalue weighted by molar-refractivity contribution is 5.23. The van der Waals surface area contributed by atoms with Gasteiger partial charge in [0.1, 0.15) is 0 Å². The summed E-state index contributed by atoms with van der Waals surface area (Å²) in [6.07, 6.45) is 1.03. The van der Waals surface area contributed by atoms with E-state index in [9.17, 15) is 0 Å². The quantitative estimate of drug-likeness (QED) is 0.728. The summed E-state index contributed by atoms with van der Waals surface area (Å²) >= 11 is 0. The van der Waals surface area contributed by atoms with Crippen molar-refractivity contribution >= 4 is 0 Å². The molecule has 124 valence electrons. The van der Waals surface area contributed by atoms with Crippen molar-refractivity contribution in [2.24, 2.45) is 0 Å². The van der Waals surface area contributed by atoms with E-state index in [2.05, 4.69) is 99.0 Å². The Labute approximate surface area is 141 Å². The van der Waals surface area contributed by atoms with Gasteiger partial charge in [-0.15, -0.1) is 0 Å². The van der Waals surface area contributed by atoms with Crippen LogP contribution in [0.1, 0.15) is 57.3 Å². The van der Waals surface area contributed by atoms with E-state index in [1.165, 1.54) is 11.1 Å². The maximum atomic E-state index is 3.73. The first-order valence-electron chi connectivity index (χ1n) is 8.68. The highest BCUT2D eigenvalue weighted by Gasteiger charge is 2.20. The van der Waals surface area contributed by atoms with Crippen LogP contribution in [-0.4, -0.2) is 12.1 Å². The molecule has 0 fully saturated rings. The fraction of sp³-hybridized carbons (Fsp3) is 0.429. The van der Waals surface area contributed by atoms with Crippen molar-refractivity contribution in [1.29, 1.82) is 0 Å². The summed E-state index contributed by atoms with van der Waals surface area (Å²) in [4.78, 5) is 0. The van der Waals surface area contributed by atoms with Crippen LogP contribution in [0.3, 0.4) is 0 Å². The average Bonchev–Trinajstić information content (AvgIpc) is 2.54. The molecule has 0 aliphatic heterocycles. The van der Waals surface area contributed by atoms with E-state index in [0.29, 0.717) is 24.2 Å². The molecule has 2 heteroatoms. The molecule has 0 amide bonds. The minimum Gasteiger partial charge on any atom is -0.308 e. The summed E-state index contributed by atoms with van der Waals surface area (Å²) in [5.41, 5.74) is 2.71. The normalized spacial score (nSPS) is 14.2. The lowest BCUT2D eigenvalue weighted by molar-refractivity contribution is 0.367. The zero-order valence-electron chi connectivity index (χ0n) is 14.8. The minimum atomic E-state index is 0.340. The van der Waals surface area contributed by atoms with Gasteiger partial charge in [0.05, 0.1) is 0 Å². The lowest BCUT2D eigenvalue weighted by Crippen LogP contribution is -2.34. The van der Waals surface area contributed by atoms with Gasteiger partial charge in [-0.2, -0.15) is 0 Å². The van der Waals surface area contributed by atoms with E-state index < -0.39 is 0 Å². The van der Waals surface area contributed by atoms with Gasteiger partial charge < -0.3 is 10.6 Å². The van der Waals surface area contributed by atoms with Gasteiger partial charge in [-0.05, 0) is 17.5 Å². The SMILES string of the molecule is CC(C)N[C@@H](C[C@H](NC(C)C)c1ccccc1)c1ccccc1. The lowest BCUT2D eigenvalue weighted by Gasteiger charge is -2.29. The third-order valence-corrected chi connectivity index (χ3v) is 3.94. The van der Waals surface area contributed by atoms with Crippen LogP contribution in [0, 0.1) is 0 Å². The van der Waals surface area contributed by atoms with Crippen molar-refractivity contribution in [1.82, 2.24) is 10.6 Å². The highest BCUT2D eigenvalue weighted by atomic mass is 15.0. The zero-order chi connectivity index (χ0) is 16.7. The third-order valence-electron chi connectivity index (χ3n) is 3.94. The van der Waals surface area contributed by atoms with Crippen molar-refractivity contribution < 1.29 is 0 Å². The van der Waals surface area contributed by atoms with E-state index in [4.69, 9.17) is 0 Å². The van der Waals surface area contributed by atoms with Crippen LogP contribution in [0.2, 0.25) is 0 Å². The molecule has 0 aliphatic carbocycles. The molecule has 2 rings (SSSR count). The molecule has 23 heavy (non-hydrogen) atoms. The Morgan fingerprint density at radius 1 is 0.609 bits per heavy atom. The first-order valence-corrected chi connectivity index (χ1v) is 8.68. The molecule has 0 aliphatic rings. The Hall–Kier alpha value is -1.64. The number of benzene rings is 2. The van der Waals surface area contributed by atoms with Crippen molar-refractivity contribution in [2.45, 2.75) is 58.3 Å². The van der Waals surface area contributed by atoms with E-state index in [1.807, 2.05) is 0 Å². The van der Waals surface area contributed by atoms with Gasteiger partial charge in [0.15, 0.2) is 0 Å². The Kier molecular flexibility index (Phi) is 6.82. The maximum absolute atomic E-state index is 3.73. The molecule has 0 aromatic heterocycles. The highest BCUT2D eigenvalue weighted by Crippen LogP contribution is 2.27. The molecule has 2 atom stereocenters. The predicted octanol–water partition coefficient (Wildman–Crippen LogP) is 4.86. The summed E-state index contributed by atoms with van der Waals surface area (Å²) in [7, 11) is 0. The topological polar surface area (TPSA) is 24.1 Å². The largest absolute Gasteiger partial charge is 0.308 e. The maximum Gasteiger partial charge on any atom is 0.0340 e. The zero-order valence-corrected chi connectivity index (χ0v) is 14.8. The summed E-state index contributed by atoms with van der Waals surface area (Å²) < 4.78 is 0. The van der Waals surface area contributed by atoms with Crippen LogP contribution in [-0.2, 0) is 0 Å². The Balaban J connectivity index is 2.22. The summed E-state index contributed by atoms with van der Waals surface area (Å²) in [6.45, 7) is 8.85. The van der Waals surface area contributed by atoms with E-state index >= 15 is 0 Å². The summed E-state index contributed by atoms with van der Waals surface area (Å²) in [5.74, 6) is 0. The number of nitrogens with one attached hydrogen (secondary N) is 2. The first kappa shape index (κ1) is 17.7. The van der Waals surface area contributed by atoms with Crippen molar-refractivity contribution in [3.63, 3.8) is 0 Å². The van der Waals surface area contributed by atoms with Gasteiger partial charge in [-0.25, -0.2) is 0 Å². The Bertz CT molecular complexity index is 497. The van der Waals surface area contributed by atoms with Crippen molar-refractivity contribution in [3.05, 3.63) is 71.8 Å².